The summed E-state index contributed by atoms with van der Waals surface area (Å²) in [6.45, 7) is 14.0. The van der Waals surface area contributed by atoms with Crippen LogP contribution in [0.1, 0.15) is 41.5 Å². The highest BCUT2D eigenvalue weighted by molar-refractivity contribution is 8.00. The number of hydrogen-bond donors (Lipinski definition) is 1. The summed E-state index contributed by atoms with van der Waals surface area (Å²) in [7, 11) is 0. The van der Waals surface area contributed by atoms with Crippen LogP contribution in [0.2, 0.25) is 0 Å². The van der Waals surface area contributed by atoms with E-state index in [9.17, 15) is 0 Å². The smallest absolute Gasteiger partial charge is 0.0563 e. The fourth-order valence-corrected chi connectivity index (χ4v) is 3.52. The van der Waals surface area contributed by atoms with Crippen molar-refractivity contribution in [2.45, 2.75) is 53.0 Å². The van der Waals surface area contributed by atoms with E-state index >= 15 is 0 Å². The Kier molecular flexibility index (Phi) is 3.93. The molecule has 2 heteroatoms. The molecule has 3 atom stereocenters. The highest BCUT2D eigenvalue weighted by Crippen LogP contribution is 2.35. The fraction of sp³-hybridized carbons (Fsp3) is 1.00. The van der Waals surface area contributed by atoms with Gasteiger partial charge in [-0.25, -0.2) is 0 Å². The maximum absolute atomic E-state index is 3.77. The van der Waals surface area contributed by atoms with Gasteiger partial charge in [0.25, 0.3) is 0 Å². The summed E-state index contributed by atoms with van der Waals surface area (Å²) in [6.07, 6.45) is 0. The van der Waals surface area contributed by atoms with E-state index in [1.807, 2.05) is 0 Å². The third kappa shape index (κ3) is 2.90. The summed E-state index contributed by atoms with van der Waals surface area (Å²) in [6, 6.07) is 0.679. The molecule has 0 aromatic heterocycles. The molecule has 1 aliphatic heterocycles. The van der Waals surface area contributed by atoms with Crippen molar-refractivity contribution in [3.8, 4) is 0 Å². The number of nitrogens with one attached hydrogen (secondary N) is 1. The second-order valence-electron chi connectivity index (χ2n) is 5.94. The molecule has 0 radical (unpaired) electrons. The van der Waals surface area contributed by atoms with Gasteiger partial charge in [0.15, 0.2) is 0 Å². The van der Waals surface area contributed by atoms with E-state index < -0.39 is 0 Å². The molecule has 84 valence electrons. The molecule has 0 aromatic rings. The van der Waals surface area contributed by atoms with Crippen molar-refractivity contribution in [1.82, 2.24) is 5.32 Å². The number of hydrogen-bond acceptors (Lipinski definition) is 2. The molecule has 0 aliphatic carbocycles. The third-order valence-electron chi connectivity index (χ3n) is 3.38. The van der Waals surface area contributed by atoms with Crippen molar-refractivity contribution in [3.63, 3.8) is 0 Å². The van der Waals surface area contributed by atoms with Crippen LogP contribution in [0.15, 0.2) is 0 Å². The van der Waals surface area contributed by atoms with Crippen LogP contribution in [-0.2, 0) is 0 Å². The van der Waals surface area contributed by atoms with Gasteiger partial charge >= 0.3 is 0 Å². The highest BCUT2D eigenvalue weighted by atomic mass is 32.2. The van der Waals surface area contributed by atoms with Gasteiger partial charge in [0.2, 0.25) is 0 Å². The maximum Gasteiger partial charge on any atom is 0.0563 e. The van der Waals surface area contributed by atoms with Crippen LogP contribution < -0.4 is 5.32 Å². The molecule has 14 heavy (non-hydrogen) atoms. The van der Waals surface area contributed by atoms with E-state index in [-0.39, 0.29) is 0 Å². The summed E-state index contributed by atoms with van der Waals surface area (Å²) in [4.78, 5) is 0. The van der Waals surface area contributed by atoms with Gasteiger partial charge in [-0.05, 0) is 17.3 Å². The van der Waals surface area contributed by atoms with Crippen molar-refractivity contribution >= 4 is 11.8 Å². The number of thioether (sulfide) groups is 1. The van der Waals surface area contributed by atoms with Gasteiger partial charge in [-0.2, -0.15) is 0 Å². The molecular weight excluding hydrogens is 190 g/mol. The van der Waals surface area contributed by atoms with Crippen molar-refractivity contribution in [1.29, 1.82) is 0 Å². The Morgan fingerprint density at radius 3 is 2.14 bits per heavy atom. The Labute approximate surface area is 93.4 Å². The molecule has 1 N–H and O–H groups in total. The second-order valence-corrected chi connectivity index (χ2v) is 7.12. The quantitative estimate of drug-likeness (QED) is 0.758. The van der Waals surface area contributed by atoms with E-state index in [4.69, 9.17) is 0 Å². The van der Waals surface area contributed by atoms with Gasteiger partial charge < -0.3 is 5.32 Å². The van der Waals surface area contributed by atoms with Gasteiger partial charge in [0, 0.05) is 11.8 Å². The molecule has 1 aliphatic rings. The Bertz CT molecular complexity index is 183. The zero-order chi connectivity index (χ0) is 10.9. The average Bonchev–Trinajstić information content (AvgIpc) is 2.49. The lowest BCUT2D eigenvalue weighted by Crippen LogP contribution is -2.42. The minimum Gasteiger partial charge on any atom is -0.301 e. The summed E-state index contributed by atoms with van der Waals surface area (Å²) >= 11 is 2.10. The third-order valence-corrected chi connectivity index (χ3v) is 4.83. The minimum absolute atomic E-state index is 0.401. The standard InChI is InChI=1S/C12H25NS/c1-8(2)9(3)11-13-10(7-14-11)12(4,5)6/h8-11,13H,7H2,1-6H3. The molecule has 1 nitrogen and oxygen atoms in total. The van der Waals surface area contributed by atoms with Crippen LogP contribution >= 0.6 is 11.8 Å². The van der Waals surface area contributed by atoms with Crippen LogP contribution in [0.25, 0.3) is 0 Å². The van der Waals surface area contributed by atoms with Crippen molar-refractivity contribution in [3.05, 3.63) is 0 Å². The van der Waals surface area contributed by atoms with Crippen LogP contribution in [0, 0.1) is 17.3 Å². The highest BCUT2D eigenvalue weighted by Gasteiger charge is 2.35. The first-order valence-corrected chi connectivity index (χ1v) is 6.75. The molecule has 0 saturated carbocycles. The lowest BCUT2D eigenvalue weighted by molar-refractivity contribution is 0.268. The molecule has 1 heterocycles. The normalized spacial score (nSPS) is 31.1. The predicted octanol–water partition coefficient (Wildman–Crippen LogP) is 3.36. The first-order valence-electron chi connectivity index (χ1n) is 5.70. The van der Waals surface area contributed by atoms with Gasteiger partial charge in [-0.1, -0.05) is 41.5 Å². The topological polar surface area (TPSA) is 12.0 Å². The van der Waals surface area contributed by atoms with Gasteiger partial charge in [0.05, 0.1) is 5.37 Å². The maximum atomic E-state index is 3.77. The number of rotatable bonds is 2. The van der Waals surface area contributed by atoms with E-state index in [2.05, 4.69) is 58.6 Å². The molecule has 1 fully saturated rings. The van der Waals surface area contributed by atoms with Gasteiger partial charge in [-0.3, -0.25) is 0 Å². The lowest BCUT2D eigenvalue weighted by Gasteiger charge is -2.29. The van der Waals surface area contributed by atoms with E-state index in [0.29, 0.717) is 16.8 Å². The van der Waals surface area contributed by atoms with E-state index in [1.54, 1.807) is 0 Å². The predicted molar refractivity (Wildman–Crippen MR) is 66.6 cm³/mol. The Morgan fingerprint density at radius 2 is 1.79 bits per heavy atom. The lowest BCUT2D eigenvalue weighted by atomic mass is 9.87. The first kappa shape index (κ1) is 12.4. The van der Waals surface area contributed by atoms with Crippen molar-refractivity contribution in [2.24, 2.45) is 17.3 Å². The Hall–Kier alpha value is 0.310. The zero-order valence-corrected chi connectivity index (χ0v) is 11.2. The van der Waals surface area contributed by atoms with Crippen molar-refractivity contribution < 1.29 is 0 Å². The van der Waals surface area contributed by atoms with Crippen LogP contribution in [0.4, 0.5) is 0 Å². The SMILES string of the molecule is CC(C)C(C)C1NC(C(C)(C)C)CS1. The molecule has 0 amide bonds. The monoisotopic (exact) mass is 215 g/mol. The molecule has 0 spiro atoms. The molecule has 0 bridgehead atoms. The molecule has 3 unspecified atom stereocenters. The fourth-order valence-electron chi connectivity index (χ4n) is 1.65. The molecular formula is C12H25NS. The van der Waals surface area contributed by atoms with E-state index in [1.165, 1.54) is 5.75 Å². The van der Waals surface area contributed by atoms with Crippen molar-refractivity contribution in [2.75, 3.05) is 5.75 Å². The molecule has 1 saturated heterocycles. The van der Waals surface area contributed by atoms with Gasteiger partial charge in [-0.15, -0.1) is 11.8 Å². The largest absolute Gasteiger partial charge is 0.301 e. The Balaban J connectivity index is 2.49. The van der Waals surface area contributed by atoms with Crippen LogP contribution in [-0.4, -0.2) is 17.2 Å². The van der Waals surface area contributed by atoms with E-state index in [0.717, 1.165) is 11.8 Å². The summed E-state index contributed by atoms with van der Waals surface area (Å²) < 4.78 is 0. The molecule has 0 aromatic carbocycles. The van der Waals surface area contributed by atoms with Crippen LogP contribution in [0.5, 0.6) is 0 Å². The molecule has 1 rings (SSSR count). The summed E-state index contributed by atoms with van der Waals surface area (Å²) in [5.41, 5.74) is 0.401. The Morgan fingerprint density at radius 1 is 1.21 bits per heavy atom. The first-order chi connectivity index (χ1) is 6.32. The summed E-state index contributed by atoms with van der Waals surface area (Å²) in [5, 5.41) is 4.44. The van der Waals surface area contributed by atoms with Crippen LogP contribution in [0.3, 0.4) is 0 Å². The minimum atomic E-state index is 0.401. The summed E-state index contributed by atoms with van der Waals surface area (Å²) in [5.74, 6) is 2.82. The van der Waals surface area contributed by atoms with Gasteiger partial charge in [0.1, 0.15) is 0 Å². The average molecular weight is 215 g/mol. The second kappa shape index (κ2) is 4.44. The zero-order valence-electron chi connectivity index (χ0n) is 10.4.